The van der Waals surface area contributed by atoms with Crippen molar-refractivity contribution in [2.24, 2.45) is 0 Å². The predicted octanol–water partition coefficient (Wildman–Crippen LogP) is 0.245. The van der Waals surface area contributed by atoms with Crippen molar-refractivity contribution in [2.45, 2.75) is 19.9 Å². The molecule has 0 aliphatic rings. The lowest BCUT2D eigenvalue weighted by Gasteiger charge is -2.08. The standard InChI is InChI=1S/C8H12N4O2/c1-6(2)10-8(13)11-7-3-4-9-12(14)5-7/h3-6H,1-2H3,(H2,10,11,13). The molecule has 1 aromatic heterocycles. The van der Waals surface area contributed by atoms with Crippen LogP contribution in [0.5, 0.6) is 0 Å². The number of nitrogens with zero attached hydrogens (tertiary/aromatic N) is 2. The lowest BCUT2D eigenvalue weighted by molar-refractivity contribution is -0.668. The lowest BCUT2D eigenvalue weighted by atomic mass is 10.4. The molecule has 76 valence electrons. The number of carbonyl (C=O) groups is 1. The average Bonchev–Trinajstić information content (AvgIpc) is 2.01. The molecule has 1 aromatic rings. The van der Waals surface area contributed by atoms with E-state index in [0.29, 0.717) is 10.5 Å². The minimum Gasteiger partial charge on any atom is -0.594 e. The van der Waals surface area contributed by atoms with Gasteiger partial charge in [0.25, 0.3) is 0 Å². The Hall–Kier alpha value is -1.85. The zero-order valence-electron chi connectivity index (χ0n) is 8.02. The zero-order chi connectivity index (χ0) is 10.6. The maximum Gasteiger partial charge on any atom is 0.319 e. The van der Waals surface area contributed by atoms with Crippen LogP contribution in [0.2, 0.25) is 0 Å². The van der Waals surface area contributed by atoms with Gasteiger partial charge in [0.15, 0.2) is 0 Å². The van der Waals surface area contributed by atoms with Crippen LogP contribution in [-0.4, -0.2) is 17.2 Å². The van der Waals surface area contributed by atoms with Gasteiger partial charge in [0.05, 0.1) is 6.20 Å². The molecule has 0 aliphatic carbocycles. The van der Waals surface area contributed by atoms with Crippen LogP contribution in [0, 0.1) is 5.21 Å². The molecule has 14 heavy (non-hydrogen) atoms. The van der Waals surface area contributed by atoms with E-state index in [2.05, 4.69) is 15.7 Å². The van der Waals surface area contributed by atoms with E-state index >= 15 is 0 Å². The zero-order valence-corrected chi connectivity index (χ0v) is 8.02. The minimum atomic E-state index is -0.341. The summed E-state index contributed by atoms with van der Waals surface area (Å²) in [4.78, 5) is 11.6. The molecule has 0 aromatic carbocycles. The number of carbonyl (C=O) groups excluding carboxylic acids is 1. The number of rotatable bonds is 2. The van der Waals surface area contributed by atoms with Crippen LogP contribution in [0.25, 0.3) is 0 Å². The number of aromatic nitrogens is 2. The van der Waals surface area contributed by atoms with Crippen LogP contribution in [0.4, 0.5) is 10.5 Å². The topological polar surface area (TPSA) is 81.0 Å². The minimum absolute atomic E-state index is 0.0520. The van der Waals surface area contributed by atoms with Crippen LogP contribution >= 0.6 is 0 Å². The van der Waals surface area contributed by atoms with Gasteiger partial charge in [0.1, 0.15) is 5.69 Å². The summed E-state index contributed by atoms with van der Waals surface area (Å²) in [5, 5.41) is 19.3. The van der Waals surface area contributed by atoms with Crippen molar-refractivity contribution >= 4 is 11.7 Å². The maximum atomic E-state index is 11.2. The van der Waals surface area contributed by atoms with Crippen molar-refractivity contribution in [3.8, 4) is 0 Å². The monoisotopic (exact) mass is 196 g/mol. The summed E-state index contributed by atoms with van der Waals surface area (Å²) in [5.41, 5.74) is 0.410. The molecule has 1 rings (SSSR count). The second-order valence-electron chi connectivity index (χ2n) is 3.07. The van der Waals surface area contributed by atoms with Crippen molar-refractivity contribution < 1.29 is 9.64 Å². The molecule has 6 nitrogen and oxygen atoms in total. The van der Waals surface area contributed by atoms with Gasteiger partial charge in [0, 0.05) is 11.1 Å². The summed E-state index contributed by atoms with van der Waals surface area (Å²) >= 11 is 0. The van der Waals surface area contributed by atoms with Crippen LogP contribution < -0.4 is 15.5 Å². The number of amides is 2. The van der Waals surface area contributed by atoms with E-state index in [1.165, 1.54) is 18.5 Å². The molecule has 0 radical (unpaired) electrons. The van der Waals surface area contributed by atoms with Gasteiger partial charge in [-0.25, -0.2) is 4.79 Å². The number of nitrogens with one attached hydrogen (secondary N) is 2. The first-order chi connectivity index (χ1) is 6.58. The van der Waals surface area contributed by atoms with Crippen molar-refractivity contribution in [1.82, 2.24) is 10.4 Å². The summed E-state index contributed by atoms with van der Waals surface area (Å²) in [7, 11) is 0. The van der Waals surface area contributed by atoms with Crippen molar-refractivity contribution in [3.05, 3.63) is 23.7 Å². The summed E-state index contributed by atoms with van der Waals surface area (Å²) in [6.07, 6.45) is 2.50. The van der Waals surface area contributed by atoms with Gasteiger partial charge in [-0.2, -0.15) is 0 Å². The van der Waals surface area contributed by atoms with Gasteiger partial charge in [-0.1, -0.05) is 4.85 Å². The van der Waals surface area contributed by atoms with Crippen molar-refractivity contribution in [1.29, 1.82) is 0 Å². The van der Waals surface area contributed by atoms with Gasteiger partial charge in [-0.3, -0.25) is 0 Å². The first-order valence-electron chi connectivity index (χ1n) is 4.21. The third kappa shape index (κ3) is 3.26. The highest BCUT2D eigenvalue weighted by Gasteiger charge is 2.04. The molecule has 1 heterocycles. The Balaban J connectivity index is 2.56. The fourth-order valence-electron chi connectivity index (χ4n) is 0.878. The normalized spacial score (nSPS) is 9.93. The molecule has 0 spiro atoms. The highest BCUT2D eigenvalue weighted by atomic mass is 16.5. The molecule has 6 heteroatoms. The summed E-state index contributed by atoms with van der Waals surface area (Å²) < 4.78 is 0. The van der Waals surface area contributed by atoms with Crippen LogP contribution in [-0.2, 0) is 0 Å². The van der Waals surface area contributed by atoms with Crippen LogP contribution in [0.1, 0.15) is 13.8 Å². The fraction of sp³-hybridized carbons (Fsp3) is 0.375. The Morgan fingerprint density at radius 1 is 1.64 bits per heavy atom. The molecule has 0 atom stereocenters. The Labute approximate surface area is 81.5 Å². The highest BCUT2D eigenvalue weighted by molar-refractivity contribution is 5.88. The second kappa shape index (κ2) is 4.40. The lowest BCUT2D eigenvalue weighted by Crippen LogP contribution is -2.36. The number of hydrogen-bond acceptors (Lipinski definition) is 3. The van der Waals surface area contributed by atoms with E-state index in [1.54, 1.807) is 0 Å². The molecule has 2 amide bonds. The first kappa shape index (κ1) is 10.2. The quantitative estimate of drug-likeness (QED) is 0.525. The molecule has 0 unspecified atom stereocenters. The molecule has 0 saturated carbocycles. The number of anilines is 1. The second-order valence-corrected chi connectivity index (χ2v) is 3.07. The van der Waals surface area contributed by atoms with Crippen LogP contribution in [0.3, 0.4) is 0 Å². The third-order valence-corrected chi connectivity index (χ3v) is 1.36. The largest absolute Gasteiger partial charge is 0.594 e. The van der Waals surface area contributed by atoms with Crippen molar-refractivity contribution in [3.63, 3.8) is 0 Å². The maximum absolute atomic E-state index is 11.2. The molecular weight excluding hydrogens is 184 g/mol. The first-order valence-corrected chi connectivity index (χ1v) is 4.21. The van der Waals surface area contributed by atoms with E-state index in [4.69, 9.17) is 0 Å². The smallest absolute Gasteiger partial charge is 0.319 e. The van der Waals surface area contributed by atoms with E-state index in [1.807, 2.05) is 13.8 Å². The fourth-order valence-corrected chi connectivity index (χ4v) is 0.878. The molecule has 2 N–H and O–H groups in total. The number of hydrogen-bond donors (Lipinski definition) is 2. The Morgan fingerprint density at radius 2 is 2.36 bits per heavy atom. The Kier molecular flexibility index (Phi) is 3.22. The van der Waals surface area contributed by atoms with Gasteiger partial charge >= 0.3 is 6.03 Å². The number of urea groups is 1. The van der Waals surface area contributed by atoms with Gasteiger partial charge in [-0.15, -0.1) is 0 Å². The molecule has 0 fully saturated rings. The summed E-state index contributed by atoms with van der Waals surface area (Å²) in [5.74, 6) is 0. The summed E-state index contributed by atoms with van der Waals surface area (Å²) in [6, 6.07) is 1.25. The van der Waals surface area contributed by atoms with E-state index in [0.717, 1.165) is 0 Å². The predicted molar refractivity (Wildman–Crippen MR) is 50.5 cm³/mol. The van der Waals surface area contributed by atoms with E-state index < -0.39 is 0 Å². The Morgan fingerprint density at radius 3 is 2.93 bits per heavy atom. The van der Waals surface area contributed by atoms with Gasteiger partial charge in [0.2, 0.25) is 6.20 Å². The van der Waals surface area contributed by atoms with Gasteiger partial charge < -0.3 is 15.8 Å². The van der Waals surface area contributed by atoms with Crippen LogP contribution in [0.15, 0.2) is 18.5 Å². The van der Waals surface area contributed by atoms with E-state index in [9.17, 15) is 10.0 Å². The SMILES string of the molecule is CC(C)NC(=O)Nc1ccn[n+]([O-])c1. The van der Waals surface area contributed by atoms with Gasteiger partial charge in [-0.05, 0) is 19.9 Å². The van der Waals surface area contributed by atoms with E-state index in [-0.39, 0.29) is 12.1 Å². The molecular formula is C8H12N4O2. The van der Waals surface area contributed by atoms with Crippen molar-refractivity contribution in [2.75, 3.05) is 5.32 Å². The average molecular weight is 196 g/mol. The highest BCUT2D eigenvalue weighted by Crippen LogP contribution is 1.99. The molecule has 0 saturated heterocycles. The Bertz CT molecular complexity index is 327. The summed E-state index contributed by atoms with van der Waals surface area (Å²) in [6.45, 7) is 3.69. The third-order valence-electron chi connectivity index (χ3n) is 1.36. The molecule has 0 aliphatic heterocycles. The molecule has 0 bridgehead atoms.